The molecule has 0 aliphatic carbocycles. The molecule has 1 fully saturated rings. The number of carbonyl (C=O) groups excluding carboxylic acids is 2. The second kappa shape index (κ2) is 13.8. The number of piperazine rings is 1. The Hall–Kier alpha value is -6.16. The second-order valence-electron chi connectivity index (χ2n) is 11.9. The normalized spacial score (nSPS) is 13.0. The van der Waals surface area contributed by atoms with E-state index >= 15 is 0 Å². The first-order valence-electron chi connectivity index (χ1n) is 16.2. The van der Waals surface area contributed by atoms with Crippen LogP contribution in [0.15, 0.2) is 97.1 Å². The number of benzene rings is 4. The first kappa shape index (κ1) is 32.4. The molecule has 0 radical (unpaired) electrons. The van der Waals surface area contributed by atoms with Crippen molar-refractivity contribution < 1.29 is 28.5 Å². The number of amides is 2. The second-order valence-corrected chi connectivity index (χ2v) is 11.9. The van der Waals surface area contributed by atoms with Gasteiger partial charge in [-0.15, -0.1) is 0 Å². The van der Waals surface area contributed by atoms with Gasteiger partial charge in [-0.05, 0) is 48.5 Å². The van der Waals surface area contributed by atoms with Crippen LogP contribution in [-0.2, 0) is 0 Å². The van der Waals surface area contributed by atoms with Crippen molar-refractivity contribution in [2.45, 2.75) is 0 Å². The van der Waals surface area contributed by atoms with E-state index in [0.29, 0.717) is 82.7 Å². The lowest BCUT2D eigenvalue weighted by atomic mass is 10.0. The van der Waals surface area contributed by atoms with Crippen LogP contribution in [-0.4, -0.2) is 86.2 Å². The van der Waals surface area contributed by atoms with E-state index in [1.54, 1.807) is 50.4 Å². The van der Waals surface area contributed by atoms with Crippen LogP contribution >= 0.6 is 0 Å². The SMILES string of the molecule is COc1ccc(-c2cc(C(=O)N3CCN(C(=O)c4cc(-c5ccc(OC)cc5OC)nc5ccccc45)CC3)c3ccccc3n2)c(OC)c1. The molecule has 0 atom stereocenters. The smallest absolute Gasteiger partial charge is 0.254 e. The Morgan fingerprint density at radius 1 is 0.520 bits per heavy atom. The number of pyridine rings is 2. The lowest BCUT2D eigenvalue weighted by Crippen LogP contribution is -2.50. The molecule has 0 bridgehead atoms. The molecule has 6 aromatic rings. The van der Waals surface area contributed by atoms with Crippen LogP contribution in [0.25, 0.3) is 44.3 Å². The van der Waals surface area contributed by atoms with Crippen molar-refractivity contribution in [3.05, 3.63) is 108 Å². The summed E-state index contributed by atoms with van der Waals surface area (Å²) in [6, 6.07) is 29.9. The summed E-state index contributed by atoms with van der Waals surface area (Å²) in [4.78, 5) is 41.8. The number of hydrogen-bond donors (Lipinski definition) is 0. The monoisotopic (exact) mass is 668 g/mol. The molecule has 50 heavy (non-hydrogen) atoms. The molecule has 2 aromatic heterocycles. The van der Waals surface area contributed by atoms with Gasteiger partial charge in [-0.1, -0.05) is 36.4 Å². The highest BCUT2D eigenvalue weighted by Crippen LogP contribution is 2.36. The van der Waals surface area contributed by atoms with Crippen molar-refractivity contribution in [2.24, 2.45) is 0 Å². The number of ether oxygens (including phenoxy) is 4. The minimum Gasteiger partial charge on any atom is -0.497 e. The number of hydrogen-bond acceptors (Lipinski definition) is 8. The van der Waals surface area contributed by atoms with E-state index in [0.717, 1.165) is 21.9 Å². The standard InChI is InChI=1S/C40H36N4O6/c1-47-25-13-15-29(37(21-25)49-3)35-23-31(27-9-5-7-11-33(27)41-35)39(45)43-17-19-44(20-18-43)40(46)32-24-36(42-34-12-8-6-10-28(32)34)30-16-14-26(48-2)22-38(30)50-4/h5-16,21-24H,17-20H2,1-4H3. The number of nitrogens with zero attached hydrogens (tertiary/aromatic N) is 4. The maximum absolute atomic E-state index is 14.2. The van der Waals surface area contributed by atoms with Crippen LogP contribution in [0, 0.1) is 0 Å². The summed E-state index contributed by atoms with van der Waals surface area (Å²) in [6.45, 7) is 1.52. The molecule has 0 N–H and O–H groups in total. The summed E-state index contributed by atoms with van der Waals surface area (Å²) in [5, 5.41) is 1.52. The molecule has 10 heteroatoms. The van der Waals surface area contributed by atoms with Gasteiger partial charge in [0.1, 0.15) is 23.0 Å². The Kier molecular flexibility index (Phi) is 8.91. The zero-order valence-electron chi connectivity index (χ0n) is 28.3. The zero-order chi connectivity index (χ0) is 34.8. The van der Waals surface area contributed by atoms with Crippen LogP contribution in [0.2, 0.25) is 0 Å². The summed E-state index contributed by atoms with van der Waals surface area (Å²) in [5.41, 5.74) is 5.23. The quantitative estimate of drug-likeness (QED) is 0.176. The number of para-hydroxylation sites is 2. The Labute approximate surface area is 289 Å². The van der Waals surface area contributed by atoms with E-state index in [-0.39, 0.29) is 11.8 Å². The van der Waals surface area contributed by atoms with Crippen molar-refractivity contribution in [1.82, 2.24) is 19.8 Å². The molecule has 3 heterocycles. The third kappa shape index (κ3) is 6.00. The minimum atomic E-state index is -0.118. The van der Waals surface area contributed by atoms with Crippen molar-refractivity contribution in [2.75, 3.05) is 54.6 Å². The molecule has 0 spiro atoms. The fourth-order valence-electron chi connectivity index (χ4n) is 6.45. The molecule has 1 saturated heterocycles. The molecule has 1 aliphatic heterocycles. The number of fused-ring (bicyclic) bond motifs is 2. The Morgan fingerprint density at radius 2 is 0.920 bits per heavy atom. The van der Waals surface area contributed by atoms with Crippen LogP contribution in [0.5, 0.6) is 23.0 Å². The summed E-state index contributed by atoms with van der Waals surface area (Å²) in [5.74, 6) is 2.27. The van der Waals surface area contributed by atoms with Crippen molar-refractivity contribution in [1.29, 1.82) is 0 Å². The predicted molar refractivity (Wildman–Crippen MR) is 192 cm³/mol. The average molecular weight is 669 g/mol. The Bertz CT molecular complexity index is 2090. The van der Waals surface area contributed by atoms with Gasteiger partial charge in [0, 0.05) is 60.2 Å². The molecule has 252 valence electrons. The number of methoxy groups -OCH3 is 4. The van der Waals surface area contributed by atoms with Crippen LogP contribution < -0.4 is 18.9 Å². The average Bonchev–Trinajstić information content (AvgIpc) is 3.18. The summed E-state index contributed by atoms with van der Waals surface area (Å²) in [6.07, 6.45) is 0. The lowest BCUT2D eigenvalue weighted by Gasteiger charge is -2.35. The van der Waals surface area contributed by atoms with Crippen LogP contribution in [0.4, 0.5) is 0 Å². The predicted octanol–water partition coefficient (Wildman–Crippen LogP) is 6.75. The first-order chi connectivity index (χ1) is 24.4. The molecule has 10 nitrogen and oxygen atoms in total. The highest BCUT2D eigenvalue weighted by molar-refractivity contribution is 6.09. The van der Waals surface area contributed by atoms with Gasteiger partial charge in [-0.25, -0.2) is 9.97 Å². The lowest BCUT2D eigenvalue weighted by molar-refractivity contribution is 0.0537. The van der Waals surface area contributed by atoms with Gasteiger partial charge in [0.15, 0.2) is 0 Å². The third-order valence-corrected chi connectivity index (χ3v) is 9.12. The zero-order valence-corrected chi connectivity index (χ0v) is 28.3. The number of carbonyl (C=O) groups is 2. The maximum atomic E-state index is 14.2. The van der Waals surface area contributed by atoms with Crippen molar-refractivity contribution in [3.63, 3.8) is 0 Å². The fraction of sp³-hybridized carbons (Fsp3) is 0.200. The largest absolute Gasteiger partial charge is 0.497 e. The van der Waals surface area contributed by atoms with Crippen LogP contribution in [0.1, 0.15) is 20.7 Å². The Balaban J connectivity index is 1.17. The summed E-state index contributed by atoms with van der Waals surface area (Å²) < 4.78 is 22.1. The Morgan fingerprint density at radius 3 is 1.30 bits per heavy atom. The van der Waals surface area contributed by atoms with E-state index in [2.05, 4.69) is 0 Å². The van der Waals surface area contributed by atoms with E-state index in [9.17, 15) is 9.59 Å². The highest BCUT2D eigenvalue weighted by Gasteiger charge is 2.29. The van der Waals surface area contributed by atoms with E-state index in [1.807, 2.05) is 84.9 Å². The molecule has 0 saturated carbocycles. The van der Waals surface area contributed by atoms with Gasteiger partial charge >= 0.3 is 0 Å². The van der Waals surface area contributed by atoms with E-state index in [4.69, 9.17) is 28.9 Å². The topological polar surface area (TPSA) is 103 Å². The van der Waals surface area contributed by atoms with Crippen molar-refractivity contribution >= 4 is 33.6 Å². The van der Waals surface area contributed by atoms with E-state index in [1.165, 1.54) is 0 Å². The van der Waals surface area contributed by atoms with Gasteiger partial charge < -0.3 is 28.7 Å². The van der Waals surface area contributed by atoms with Crippen LogP contribution in [0.3, 0.4) is 0 Å². The van der Waals surface area contributed by atoms with Crippen molar-refractivity contribution in [3.8, 4) is 45.5 Å². The summed E-state index contributed by atoms with van der Waals surface area (Å²) >= 11 is 0. The molecular formula is C40H36N4O6. The van der Waals surface area contributed by atoms with Gasteiger partial charge in [0.05, 0.1) is 62.0 Å². The molecule has 0 unspecified atom stereocenters. The third-order valence-electron chi connectivity index (χ3n) is 9.12. The van der Waals surface area contributed by atoms with Gasteiger partial charge in [-0.2, -0.15) is 0 Å². The maximum Gasteiger partial charge on any atom is 0.254 e. The molecule has 2 amide bonds. The molecule has 7 rings (SSSR count). The highest BCUT2D eigenvalue weighted by atomic mass is 16.5. The first-order valence-corrected chi connectivity index (χ1v) is 16.2. The number of rotatable bonds is 8. The molecular weight excluding hydrogens is 632 g/mol. The van der Waals surface area contributed by atoms with Gasteiger partial charge in [0.2, 0.25) is 0 Å². The minimum absolute atomic E-state index is 0.118. The van der Waals surface area contributed by atoms with Gasteiger partial charge in [0.25, 0.3) is 11.8 Å². The summed E-state index contributed by atoms with van der Waals surface area (Å²) in [7, 11) is 6.39. The number of aromatic nitrogens is 2. The van der Waals surface area contributed by atoms with Gasteiger partial charge in [-0.3, -0.25) is 9.59 Å². The molecule has 1 aliphatic rings. The van der Waals surface area contributed by atoms with E-state index < -0.39 is 0 Å². The fourth-order valence-corrected chi connectivity index (χ4v) is 6.45. The molecule has 4 aromatic carbocycles.